The molecule has 0 N–H and O–H groups in total. The summed E-state index contributed by atoms with van der Waals surface area (Å²) < 4.78 is 23.8. The number of ether oxygens (including phenoxy) is 2. The van der Waals surface area contributed by atoms with Gasteiger partial charge < -0.3 is 9.47 Å². The van der Waals surface area contributed by atoms with Crippen LogP contribution < -0.4 is 4.74 Å². The van der Waals surface area contributed by atoms with Gasteiger partial charge in [0.1, 0.15) is 18.2 Å². The molecule has 0 radical (unpaired) electrons. The van der Waals surface area contributed by atoms with Crippen molar-refractivity contribution in [3.63, 3.8) is 0 Å². The maximum atomic E-state index is 13.1. The average molecular weight is 271 g/mol. The minimum absolute atomic E-state index is 0.331. The molecule has 1 aromatic rings. The Hall–Kier alpha value is -1.24. The highest BCUT2D eigenvalue weighted by molar-refractivity contribution is 6.18. The molecule has 18 heavy (non-hydrogen) atoms. The molecule has 0 heterocycles. The minimum Gasteiger partial charge on any atom is -0.490 e. The number of rotatable bonds is 6. The Bertz CT molecular complexity index is 424. The zero-order valence-corrected chi connectivity index (χ0v) is 11.1. The molecule has 0 fully saturated rings. The first kappa shape index (κ1) is 14.8. The van der Waals surface area contributed by atoms with E-state index < -0.39 is 0 Å². The topological polar surface area (TPSA) is 18.5 Å². The fourth-order valence-corrected chi connectivity index (χ4v) is 1.38. The lowest BCUT2D eigenvalue weighted by Gasteiger charge is -2.08. The van der Waals surface area contributed by atoms with E-state index in [2.05, 4.69) is 11.8 Å². The number of alkyl halides is 1. The summed E-state index contributed by atoms with van der Waals surface area (Å²) in [4.78, 5) is 0. The third-order valence-corrected chi connectivity index (χ3v) is 2.26. The molecule has 0 aromatic heterocycles. The molecule has 98 valence electrons. The monoisotopic (exact) mass is 270 g/mol. The first-order chi connectivity index (χ1) is 8.77. The highest BCUT2D eigenvalue weighted by Gasteiger charge is 2.03. The van der Waals surface area contributed by atoms with Gasteiger partial charge in [0.25, 0.3) is 0 Å². The molecular formula is C14H16ClFO2. The predicted molar refractivity (Wildman–Crippen MR) is 70.6 cm³/mol. The highest BCUT2D eigenvalue weighted by atomic mass is 35.5. The van der Waals surface area contributed by atoms with Crippen LogP contribution in [0, 0.1) is 17.7 Å². The molecule has 1 aromatic carbocycles. The number of hydrogen-bond acceptors (Lipinski definition) is 2. The van der Waals surface area contributed by atoms with E-state index in [4.69, 9.17) is 21.1 Å². The van der Waals surface area contributed by atoms with Crippen LogP contribution in [0.4, 0.5) is 4.39 Å². The molecular weight excluding hydrogens is 255 g/mol. The van der Waals surface area contributed by atoms with Crippen molar-refractivity contribution in [2.24, 2.45) is 0 Å². The van der Waals surface area contributed by atoms with E-state index in [9.17, 15) is 4.39 Å². The molecule has 1 rings (SSSR count). The Labute approximate surface area is 112 Å². The van der Waals surface area contributed by atoms with Crippen LogP contribution in [0.2, 0.25) is 0 Å². The van der Waals surface area contributed by atoms with Gasteiger partial charge in [0.05, 0.1) is 12.2 Å². The summed E-state index contributed by atoms with van der Waals surface area (Å²) in [6.07, 6.45) is 0.566. The van der Waals surface area contributed by atoms with Crippen LogP contribution in [0.5, 0.6) is 5.75 Å². The summed E-state index contributed by atoms with van der Waals surface area (Å²) in [5.41, 5.74) is 0.539. The fourth-order valence-electron chi connectivity index (χ4n) is 1.29. The Kier molecular flexibility index (Phi) is 7.24. The number of halogens is 2. The van der Waals surface area contributed by atoms with E-state index in [1.165, 1.54) is 12.1 Å². The second-order valence-electron chi connectivity index (χ2n) is 3.43. The van der Waals surface area contributed by atoms with Gasteiger partial charge in [-0.05, 0) is 25.1 Å². The van der Waals surface area contributed by atoms with E-state index in [-0.39, 0.29) is 5.82 Å². The molecule has 0 aliphatic heterocycles. The summed E-state index contributed by atoms with van der Waals surface area (Å²) in [7, 11) is 0. The Morgan fingerprint density at radius 3 is 2.89 bits per heavy atom. The van der Waals surface area contributed by atoms with Crippen LogP contribution in [0.3, 0.4) is 0 Å². The van der Waals surface area contributed by atoms with E-state index in [0.717, 1.165) is 0 Å². The van der Waals surface area contributed by atoms with Crippen molar-refractivity contribution < 1.29 is 13.9 Å². The van der Waals surface area contributed by atoms with E-state index in [0.29, 0.717) is 43.4 Å². The standard InChI is InChI=1S/C14H16ClFO2/c1-2-17-9-10-18-14-7-6-13(16)11-12(14)5-3-4-8-15/h6-7,11H,2,4,8-10H2,1H3. The molecule has 0 amide bonds. The summed E-state index contributed by atoms with van der Waals surface area (Å²) in [5, 5.41) is 0. The van der Waals surface area contributed by atoms with E-state index >= 15 is 0 Å². The zero-order valence-electron chi connectivity index (χ0n) is 10.3. The first-order valence-corrected chi connectivity index (χ1v) is 6.36. The van der Waals surface area contributed by atoms with Crippen LogP contribution in [0.1, 0.15) is 18.9 Å². The minimum atomic E-state index is -0.331. The van der Waals surface area contributed by atoms with Crippen molar-refractivity contribution in [1.82, 2.24) is 0 Å². The molecule has 0 aliphatic rings. The smallest absolute Gasteiger partial charge is 0.135 e. The third kappa shape index (κ3) is 5.39. The fraction of sp³-hybridized carbons (Fsp3) is 0.429. The van der Waals surface area contributed by atoms with Gasteiger partial charge in [-0.2, -0.15) is 0 Å². The van der Waals surface area contributed by atoms with Crippen molar-refractivity contribution in [1.29, 1.82) is 0 Å². The maximum Gasteiger partial charge on any atom is 0.135 e. The normalized spacial score (nSPS) is 9.72. The summed E-state index contributed by atoms with van der Waals surface area (Å²) in [5.74, 6) is 6.41. The Morgan fingerprint density at radius 2 is 2.17 bits per heavy atom. The summed E-state index contributed by atoms with van der Waals surface area (Å²) in [6.45, 7) is 3.49. The third-order valence-electron chi connectivity index (χ3n) is 2.07. The van der Waals surface area contributed by atoms with Gasteiger partial charge in [0.15, 0.2) is 0 Å². The van der Waals surface area contributed by atoms with Gasteiger partial charge in [0.2, 0.25) is 0 Å². The lowest BCUT2D eigenvalue weighted by Crippen LogP contribution is -2.07. The SMILES string of the molecule is CCOCCOc1ccc(F)cc1C#CCCCl. The lowest BCUT2D eigenvalue weighted by molar-refractivity contribution is 0.110. The van der Waals surface area contributed by atoms with Gasteiger partial charge in [-0.1, -0.05) is 11.8 Å². The second kappa shape index (κ2) is 8.79. The van der Waals surface area contributed by atoms with Gasteiger partial charge in [-0.15, -0.1) is 11.6 Å². The summed E-state index contributed by atoms with van der Waals surface area (Å²) >= 11 is 5.53. The molecule has 0 spiro atoms. The Morgan fingerprint density at radius 1 is 1.33 bits per heavy atom. The number of hydrogen-bond donors (Lipinski definition) is 0. The molecule has 0 unspecified atom stereocenters. The highest BCUT2D eigenvalue weighted by Crippen LogP contribution is 2.18. The van der Waals surface area contributed by atoms with E-state index in [1.54, 1.807) is 6.07 Å². The molecule has 0 saturated carbocycles. The van der Waals surface area contributed by atoms with Crippen LogP contribution >= 0.6 is 11.6 Å². The van der Waals surface area contributed by atoms with Gasteiger partial charge in [-0.3, -0.25) is 0 Å². The van der Waals surface area contributed by atoms with Gasteiger partial charge in [0, 0.05) is 18.9 Å². The van der Waals surface area contributed by atoms with Crippen molar-refractivity contribution in [2.45, 2.75) is 13.3 Å². The van der Waals surface area contributed by atoms with Crippen LogP contribution in [0.25, 0.3) is 0 Å². The lowest BCUT2D eigenvalue weighted by atomic mass is 10.2. The van der Waals surface area contributed by atoms with Crippen LogP contribution in [-0.2, 0) is 4.74 Å². The van der Waals surface area contributed by atoms with Crippen molar-refractivity contribution >= 4 is 11.6 Å². The quantitative estimate of drug-likeness (QED) is 0.449. The van der Waals surface area contributed by atoms with Crippen molar-refractivity contribution in [2.75, 3.05) is 25.7 Å². The number of benzene rings is 1. The van der Waals surface area contributed by atoms with Crippen LogP contribution in [0.15, 0.2) is 18.2 Å². The van der Waals surface area contributed by atoms with Crippen molar-refractivity contribution in [3.05, 3.63) is 29.6 Å². The molecule has 0 saturated heterocycles. The largest absolute Gasteiger partial charge is 0.490 e. The van der Waals surface area contributed by atoms with Gasteiger partial charge >= 0.3 is 0 Å². The molecule has 0 bridgehead atoms. The van der Waals surface area contributed by atoms with E-state index in [1.807, 2.05) is 6.92 Å². The maximum absolute atomic E-state index is 13.1. The Balaban J connectivity index is 2.68. The van der Waals surface area contributed by atoms with Crippen molar-refractivity contribution in [3.8, 4) is 17.6 Å². The van der Waals surface area contributed by atoms with Crippen LogP contribution in [-0.4, -0.2) is 25.7 Å². The summed E-state index contributed by atoms with van der Waals surface area (Å²) in [6, 6.07) is 4.28. The molecule has 4 heteroatoms. The zero-order chi connectivity index (χ0) is 13.2. The predicted octanol–water partition coefficient (Wildman–Crippen LogP) is 3.22. The molecule has 0 aliphatic carbocycles. The second-order valence-corrected chi connectivity index (χ2v) is 3.80. The molecule has 0 atom stereocenters. The first-order valence-electron chi connectivity index (χ1n) is 5.83. The van der Waals surface area contributed by atoms with Gasteiger partial charge in [-0.25, -0.2) is 4.39 Å². The molecule has 2 nitrogen and oxygen atoms in total. The average Bonchev–Trinajstić information content (AvgIpc) is 2.37.